The average Bonchev–Trinajstić information content (AvgIpc) is 2.54. The lowest BCUT2D eigenvalue weighted by atomic mass is 10.2. The molecule has 1 unspecified atom stereocenters. The maximum Gasteiger partial charge on any atom is 0.161 e. The number of pyridine rings is 1. The predicted octanol–water partition coefficient (Wildman–Crippen LogP) is 1.52. The van der Waals surface area contributed by atoms with Gasteiger partial charge in [0, 0.05) is 43.4 Å². The van der Waals surface area contributed by atoms with Crippen molar-refractivity contribution in [2.45, 2.75) is 19.4 Å². The van der Waals surface area contributed by atoms with Gasteiger partial charge in [-0.25, -0.2) is 9.97 Å². The fraction of sp³-hybridized carbons (Fsp3) is 0.400. The normalized spacial score (nSPS) is 12.1. The van der Waals surface area contributed by atoms with E-state index in [2.05, 4.69) is 20.3 Å². The first-order valence-corrected chi connectivity index (χ1v) is 6.92. The lowest BCUT2D eigenvalue weighted by Crippen LogP contribution is -2.24. The number of hydrogen-bond donors (Lipinski definition) is 2. The molecule has 2 N–H and O–H groups in total. The Hall–Kier alpha value is -2.05. The van der Waals surface area contributed by atoms with E-state index in [1.54, 1.807) is 19.5 Å². The summed E-state index contributed by atoms with van der Waals surface area (Å²) in [7, 11) is 1.56. The number of aliphatic hydroxyl groups excluding tert-OH is 1. The van der Waals surface area contributed by atoms with E-state index < -0.39 is 6.10 Å². The zero-order valence-corrected chi connectivity index (χ0v) is 12.3. The summed E-state index contributed by atoms with van der Waals surface area (Å²) >= 11 is 0. The molecule has 1 atom stereocenters. The summed E-state index contributed by atoms with van der Waals surface area (Å²) in [5.74, 6) is 1.35. The fourth-order valence-electron chi connectivity index (χ4n) is 1.87. The van der Waals surface area contributed by atoms with Crippen molar-refractivity contribution in [2.24, 2.45) is 0 Å². The standard InChI is InChI=1S/C15H20N4O2/c1-3-12-8-14(17-9-13(20)10-21-2)19-15(18-12)11-4-6-16-7-5-11/h4-8,13,20H,3,9-10H2,1-2H3,(H,17,18,19). The Morgan fingerprint density at radius 1 is 1.29 bits per heavy atom. The van der Waals surface area contributed by atoms with Crippen LogP contribution in [-0.4, -0.2) is 46.4 Å². The molecule has 0 amide bonds. The maximum atomic E-state index is 9.68. The highest BCUT2D eigenvalue weighted by Crippen LogP contribution is 2.17. The zero-order chi connectivity index (χ0) is 15.1. The van der Waals surface area contributed by atoms with E-state index in [1.807, 2.05) is 25.1 Å². The van der Waals surface area contributed by atoms with Crippen LogP contribution in [0.15, 0.2) is 30.6 Å². The highest BCUT2D eigenvalue weighted by Gasteiger charge is 2.08. The molecule has 0 aliphatic carbocycles. The molecule has 112 valence electrons. The van der Waals surface area contributed by atoms with Gasteiger partial charge in [0.15, 0.2) is 5.82 Å². The number of nitrogens with zero attached hydrogens (tertiary/aromatic N) is 3. The van der Waals surface area contributed by atoms with Crippen LogP contribution >= 0.6 is 0 Å². The van der Waals surface area contributed by atoms with Crippen molar-refractivity contribution in [3.8, 4) is 11.4 Å². The van der Waals surface area contributed by atoms with Gasteiger partial charge in [0.1, 0.15) is 5.82 Å². The van der Waals surface area contributed by atoms with Crippen LogP contribution in [0.3, 0.4) is 0 Å². The number of anilines is 1. The van der Waals surface area contributed by atoms with Crippen molar-refractivity contribution in [3.05, 3.63) is 36.3 Å². The Balaban J connectivity index is 2.18. The van der Waals surface area contributed by atoms with Crippen molar-refractivity contribution in [1.82, 2.24) is 15.0 Å². The highest BCUT2D eigenvalue weighted by molar-refractivity contribution is 5.56. The Morgan fingerprint density at radius 3 is 2.71 bits per heavy atom. The van der Waals surface area contributed by atoms with E-state index in [-0.39, 0.29) is 6.61 Å². The van der Waals surface area contributed by atoms with Gasteiger partial charge >= 0.3 is 0 Å². The molecule has 2 heterocycles. The third-order valence-corrected chi connectivity index (χ3v) is 2.96. The van der Waals surface area contributed by atoms with Crippen molar-refractivity contribution in [1.29, 1.82) is 0 Å². The molecule has 0 bridgehead atoms. The number of methoxy groups -OCH3 is 1. The third-order valence-electron chi connectivity index (χ3n) is 2.96. The van der Waals surface area contributed by atoms with E-state index in [1.165, 1.54) is 0 Å². The molecule has 0 aromatic carbocycles. The molecule has 0 fully saturated rings. The molecular weight excluding hydrogens is 268 g/mol. The molecule has 0 spiro atoms. The second-order valence-electron chi connectivity index (χ2n) is 4.65. The topological polar surface area (TPSA) is 80.2 Å². The summed E-state index contributed by atoms with van der Waals surface area (Å²) < 4.78 is 4.90. The fourth-order valence-corrected chi connectivity index (χ4v) is 1.87. The number of aryl methyl sites for hydroxylation is 1. The van der Waals surface area contributed by atoms with Crippen LogP contribution in [0.1, 0.15) is 12.6 Å². The van der Waals surface area contributed by atoms with Crippen LogP contribution in [0.4, 0.5) is 5.82 Å². The largest absolute Gasteiger partial charge is 0.389 e. The molecule has 6 heteroatoms. The van der Waals surface area contributed by atoms with Gasteiger partial charge in [-0.1, -0.05) is 6.92 Å². The van der Waals surface area contributed by atoms with E-state index in [0.717, 1.165) is 17.7 Å². The van der Waals surface area contributed by atoms with Gasteiger partial charge in [0.25, 0.3) is 0 Å². The first-order valence-electron chi connectivity index (χ1n) is 6.92. The summed E-state index contributed by atoms with van der Waals surface area (Å²) in [4.78, 5) is 13.0. The van der Waals surface area contributed by atoms with Crippen molar-refractivity contribution in [2.75, 3.05) is 25.6 Å². The van der Waals surface area contributed by atoms with Crippen molar-refractivity contribution < 1.29 is 9.84 Å². The summed E-state index contributed by atoms with van der Waals surface area (Å²) in [6, 6.07) is 5.64. The van der Waals surface area contributed by atoms with Gasteiger partial charge in [0.05, 0.1) is 12.7 Å². The summed E-state index contributed by atoms with van der Waals surface area (Å²) in [5.41, 5.74) is 1.86. The Bertz CT molecular complexity index is 563. The molecular formula is C15H20N4O2. The van der Waals surface area contributed by atoms with E-state index in [0.29, 0.717) is 18.2 Å². The first kappa shape index (κ1) is 15.3. The predicted molar refractivity (Wildman–Crippen MR) is 81.0 cm³/mol. The smallest absolute Gasteiger partial charge is 0.161 e. The van der Waals surface area contributed by atoms with Crippen LogP contribution in [-0.2, 0) is 11.2 Å². The van der Waals surface area contributed by atoms with Gasteiger partial charge in [-0.2, -0.15) is 0 Å². The lowest BCUT2D eigenvalue weighted by Gasteiger charge is -2.13. The minimum absolute atomic E-state index is 0.288. The average molecular weight is 288 g/mol. The highest BCUT2D eigenvalue weighted by atomic mass is 16.5. The van der Waals surface area contributed by atoms with Gasteiger partial charge in [-0.3, -0.25) is 4.98 Å². The molecule has 0 aliphatic heterocycles. The maximum absolute atomic E-state index is 9.68. The quantitative estimate of drug-likeness (QED) is 0.804. The molecule has 21 heavy (non-hydrogen) atoms. The summed E-state index contributed by atoms with van der Waals surface area (Å²) in [6.45, 7) is 2.71. The second-order valence-corrected chi connectivity index (χ2v) is 4.65. The Kier molecular flexibility index (Phi) is 5.59. The molecule has 0 radical (unpaired) electrons. The van der Waals surface area contributed by atoms with Gasteiger partial charge in [-0.05, 0) is 18.6 Å². The number of aromatic nitrogens is 3. The van der Waals surface area contributed by atoms with Crippen LogP contribution in [0.5, 0.6) is 0 Å². The lowest BCUT2D eigenvalue weighted by molar-refractivity contribution is 0.0727. The number of rotatable bonds is 7. The van der Waals surface area contributed by atoms with Gasteiger partial charge < -0.3 is 15.2 Å². The molecule has 0 saturated heterocycles. The SMILES string of the molecule is CCc1cc(NCC(O)COC)nc(-c2ccncc2)n1. The van der Waals surface area contributed by atoms with Crippen molar-refractivity contribution >= 4 is 5.82 Å². The Morgan fingerprint density at radius 2 is 2.05 bits per heavy atom. The van der Waals surface area contributed by atoms with E-state index >= 15 is 0 Å². The zero-order valence-electron chi connectivity index (χ0n) is 12.3. The summed E-state index contributed by atoms with van der Waals surface area (Å²) in [5, 5.41) is 12.8. The molecule has 0 aliphatic rings. The van der Waals surface area contributed by atoms with E-state index in [9.17, 15) is 5.11 Å². The third kappa shape index (κ3) is 4.47. The van der Waals surface area contributed by atoms with Crippen LogP contribution < -0.4 is 5.32 Å². The minimum atomic E-state index is -0.570. The van der Waals surface area contributed by atoms with E-state index in [4.69, 9.17) is 4.74 Å². The Labute approximate surface area is 124 Å². The van der Waals surface area contributed by atoms with Gasteiger partial charge in [-0.15, -0.1) is 0 Å². The van der Waals surface area contributed by atoms with Crippen LogP contribution in [0, 0.1) is 0 Å². The van der Waals surface area contributed by atoms with Gasteiger partial charge in [0.2, 0.25) is 0 Å². The number of ether oxygens (including phenoxy) is 1. The number of hydrogen-bond acceptors (Lipinski definition) is 6. The monoisotopic (exact) mass is 288 g/mol. The number of aliphatic hydroxyl groups is 1. The molecule has 6 nitrogen and oxygen atoms in total. The van der Waals surface area contributed by atoms with Crippen molar-refractivity contribution in [3.63, 3.8) is 0 Å². The van der Waals surface area contributed by atoms with Crippen LogP contribution in [0.25, 0.3) is 11.4 Å². The summed E-state index contributed by atoms with van der Waals surface area (Å²) in [6.07, 6.45) is 3.68. The molecule has 2 aromatic heterocycles. The number of nitrogens with one attached hydrogen (secondary N) is 1. The second kappa shape index (κ2) is 7.66. The molecule has 2 rings (SSSR count). The molecule has 0 saturated carbocycles. The first-order chi connectivity index (χ1) is 10.2. The molecule has 2 aromatic rings. The minimum Gasteiger partial charge on any atom is -0.389 e. The van der Waals surface area contributed by atoms with Crippen LogP contribution in [0.2, 0.25) is 0 Å².